The topological polar surface area (TPSA) is 34.4 Å². The number of hydrogen-bond donors (Lipinski definition) is 1. The molecule has 1 rings (SSSR count). The maximum Gasteiger partial charge on any atom is 0.0696 e. The van der Waals surface area contributed by atoms with Gasteiger partial charge in [0.25, 0.3) is 0 Å². The van der Waals surface area contributed by atoms with Gasteiger partial charge in [0.1, 0.15) is 0 Å². The van der Waals surface area contributed by atoms with Crippen molar-refractivity contribution < 1.29 is 9.84 Å². The Kier molecular flexibility index (Phi) is 3.72. The lowest BCUT2D eigenvalue weighted by atomic mass is 10.1. The number of rotatable bonds is 5. The molecule has 0 atom stereocenters. The predicted molar refractivity (Wildman–Crippen MR) is 56.1 cm³/mol. The van der Waals surface area contributed by atoms with Gasteiger partial charge in [-0.15, -0.1) is 0 Å². The highest BCUT2D eigenvalue weighted by atomic mass is 16.5. The molecule has 80 valence electrons. The van der Waals surface area contributed by atoms with E-state index in [9.17, 15) is 0 Å². The minimum absolute atomic E-state index is 0.0797. The molecule has 0 unspecified atom stereocenters. The molecule has 0 amide bonds. The number of methoxy groups -OCH3 is 1. The SMILES string of the molecule is COC(C)(C)CCn1ccc(CO)c1. The zero-order valence-corrected chi connectivity index (χ0v) is 9.16. The van der Waals surface area contributed by atoms with Crippen molar-refractivity contribution in [2.75, 3.05) is 7.11 Å². The van der Waals surface area contributed by atoms with Crippen molar-refractivity contribution in [1.82, 2.24) is 4.57 Å². The lowest BCUT2D eigenvalue weighted by Crippen LogP contribution is -2.24. The number of aryl methyl sites for hydroxylation is 1. The number of aromatic nitrogens is 1. The number of aliphatic hydroxyl groups excluding tert-OH is 1. The lowest BCUT2D eigenvalue weighted by molar-refractivity contribution is 0.0120. The van der Waals surface area contributed by atoms with Crippen LogP contribution >= 0.6 is 0 Å². The van der Waals surface area contributed by atoms with E-state index in [0.717, 1.165) is 18.5 Å². The van der Waals surface area contributed by atoms with Crippen LogP contribution < -0.4 is 0 Å². The van der Waals surface area contributed by atoms with Gasteiger partial charge in [-0.05, 0) is 31.9 Å². The van der Waals surface area contributed by atoms with Gasteiger partial charge in [0, 0.05) is 26.0 Å². The predicted octanol–water partition coefficient (Wildman–Crippen LogP) is 1.80. The summed E-state index contributed by atoms with van der Waals surface area (Å²) >= 11 is 0. The first-order chi connectivity index (χ1) is 6.57. The molecular weight excluding hydrogens is 178 g/mol. The Bertz CT molecular complexity index is 279. The van der Waals surface area contributed by atoms with Crippen molar-refractivity contribution in [1.29, 1.82) is 0 Å². The summed E-state index contributed by atoms with van der Waals surface area (Å²) in [5.74, 6) is 0. The molecule has 1 heterocycles. The van der Waals surface area contributed by atoms with Crippen LogP contribution in [-0.2, 0) is 17.9 Å². The average molecular weight is 197 g/mol. The van der Waals surface area contributed by atoms with Crippen LogP contribution in [0.2, 0.25) is 0 Å². The highest BCUT2D eigenvalue weighted by molar-refractivity contribution is 5.08. The summed E-state index contributed by atoms with van der Waals surface area (Å²) in [5, 5.41) is 8.89. The Hall–Kier alpha value is -0.800. The zero-order chi connectivity index (χ0) is 10.6. The van der Waals surface area contributed by atoms with Crippen LogP contribution in [0.4, 0.5) is 0 Å². The molecule has 0 saturated heterocycles. The van der Waals surface area contributed by atoms with Gasteiger partial charge >= 0.3 is 0 Å². The molecule has 1 aromatic rings. The summed E-state index contributed by atoms with van der Waals surface area (Å²) in [4.78, 5) is 0. The standard InChI is InChI=1S/C11H19NO2/c1-11(2,14-3)5-7-12-6-4-10(8-12)9-13/h4,6,8,13H,5,7,9H2,1-3H3. The summed E-state index contributed by atoms with van der Waals surface area (Å²) < 4.78 is 7.41. The van der Waals surface area contributed by atoms with Crippen molar-refractivity contribution in [3.8, 4) is 0 Å². The number of ether oxygens (including phenoxy) is 1. The zero-order valence-electron chi connectivity index (χ0n) is 9.16. The van der Waals surface area contributed by atoms with Gasteiger partial charge < -0.3 is 14.4 Å². The fourth-order valence-electron chi connectivity index (χ4n) is 1.22. The van der Waals surface area contributed by atoms with E-state index in [1.165, 1.54) is 0 Å². The Morgan fingerprint density at radius 2 is 2.21 bits per heavy atom. The summed E-state index contributed by atoms with van der Waals surface area (Å²) in [6, 6.07) is 1.93. The van der Waals surface area contributed by atoms with E-state index in [-0.39, 0.29) is 12.2 Å². The van der Waals surface area contributed by atoms with Crippen LogP contribution in [0.1, 0.15) is 25.8 Å². The van der Waals surface area contributed by atoms with Crippen LogP contribution in [0.15, 0.2) is 18.5 Å². The molecule has 0 saturated carbocycles. The number of hydrogen-bond acceptors (Lipinski definition) is 2. The van der Waals surface area contributed by atoms with Crippen molar-refractivity contribution in [2.45, 2.75) is 39.0 Å². The van der Waals surface area contributed by atoms with Gasteiger partial charge in [0.2, 0.25) is 0 Å². The third-order valence-corrected chi connectivity index (χ3v) is 2.52. The molecule has 0 fully saturated rings. The monoisotopic (exact) mass is 197 g/mol. The molecule has 0 aliphatic rings. The summed E-state index contributed by atoms with van der Waals surface area (Å²) in [7, 11) is 1.73. The molecule has 3 nitrogen and oxygen atoms in total. The van der Waals surface area contributed by atoms with E-state index in [1.54, 1.807) is 7.11 Å². The number of aliphatic hydroxyl groups is 1. The van der Waals surface area contributed by atoms with E-state index in [2.05, 4.69) is 18.4 Å². The molecule has 0 aliphatic heterocycles. The van der Waals surface area contributed by atoms with Gasteiger partial charge in [0.05, 0.1) is 12.2 Å². The Labute approximate surface area is 85.3 Å². The highest BCUT2D eigenvalue weighted by Crippen LogP contribution is 2.14. The minimum atomic E-state index is -0.0797. The van der Waals surface area contributed by atoms with Gasteiger partial charge in [-0.3, -0.25) is 0 Å². The maximum atomic E-state index is 8.89. The molecule has 0 aromatic carbocycles. The first-order valence-corrected chi connectivity index (χ1v) is 4.88. The second-order valence-corrected chi connectivity index (χ2v) is 4.13. The highest BCUT2D eigenvalue weighted by Gasteiger charge is 2.15. The molecule has 0 spiro atoms. The smallest absolute Gasteiger partial charge is 0.0696 e. The van der Waals surface area contributed by atoms with Gasteiger partial charge in [-0.25, -0.2) is 0 Å². The van der Waals surface area contributed by atoms with Crippen LogP contribution in [0.5, 0.6) is 0 Å². The van der Waals surface area contributed by atoms with E-state index in [0.29, 0.717) is 0 Å². The van der Waals surface area contributed by atoms with Crippen molar-refractivity contribution in [3.05, 3.63) is 24.0 Å². The van der Waals surface area contributed by atoms with Crippen molar-refractivity contribution in [3.63, 3.8) is 0 Å². The van der Waals surface area contributed by atoms with Crippen molar-refractivity contribution >= 4 is 0 Å². The third-order valence-electron chi connectivity index (χ3n) is 2.52. The molecule has 1 N–H and O–H groups in total. The van der Waals surface area contributed by atoms with Crippen molar-refractivity contribution in [2.24, 2.45) is 0 Å². The summed E-state index contributed by atoms with van der Waals surface area (Å²) in [5.41, 5.74) is 0.879. The van der Waals surface area contributed by atoms with E-state index in [1.807, 2.05) is 18.5 Å². The Morgan fingerprint density at radius 1 is 1.50 bits per heavy atom. The van der Waals surface area contributed by atoms with Gasteiger partial charge in [0.15, 0.2) is 0 Å². The fourth-order valence-corrected chi connectivity index (χ4v) is 1.22. The minimum Gasteiger partial charge on any atom is -0.392 e. The molecule has 0 bridgehead atoms. The second-order valence-electron chi connectivity index (χ2n) is 4.13. The lowest BCUT2D eigenvalue weighted by Gasteiger charge is -2.22. The van der Waals surface area contributed by atoms with Crippen LogP contribution in [-0.4, -0.2) is 22.4 Å². The summed E-state index contributed by atoms with van der Waals surface area (Å²) in [6.45, 7) is 5.18. The summed E-state index contributed by atoms with van der Waals surface area (Å²) in [6.07, 6.45) is 4.91. The van der Waals surface area contributed by atoms with E-state index >= 15 is 0 Å². The normalized spacial score (nSPS) is 12.0. The fraction of sp³-hybridized carbons (Fsp3) is 0.636. The largest absolute Gasteiger partial charge is 0.392 e. The Morgan fingerprint density at radius 3 is 2.71 bits per heavy atom. The molecule has 0 aliphatic carbocycles. The second kappa shape index (κ2) is 4.62. The third kappa shape index (κ3) is 3.16. The molecule has 14 heavy (non-hydrogen) atoms. The average Bonchev–Trinajstić information content (AvgIpc) is 2.63. The van der Waals surface area contributed by atoms with Crippen LogP contribution in [0.3, 0.4) is 0 Å². The van der Waals surface area contributed by atoms with E-state index < -0.39 is 0 Å². The van der Waals surface area contributed by atoms with E-state index in [4.69, 9.17) is 9.84 Å². The maximum absolute atomic E-state index is 8.89. The quantitative estimate of drug-likeness (QED) is 0.781. The molecule has 1 aromatic heterocycles. The Balaban J connectivity index is 2.45. The molecular formula is C11H19NO2. The van der Waals surface area contributed by atoms with Gasteiger partial charge in [-0.1, -0.05) is 0 Å². The van der Waals surface area contributed by atoms with Crippen LogP contribution in [0, 0.1) is 0 Å². The molecule has 3 heteroatoms. The molecule has 0 radical (unpaired) electrons. The van der Waals surface area contributed by atoms with Crippen LogP contribution in [0.25, 0.3) is 0 Å². The van der Waals surface area contributed by atoms with Gasteiger partial charge in [-0.2, -0.15) is 0 Å². The first-order valence-electron chi connectivity index (χ1n) is 4.88. The number of nitrogens with zero attached hydrogens (tertiary/aromatic N) is 1. The first kappa shape index (κ1) is 11.3.